The van der Waals surface area contributed by atoms with Gasteiger partial charge < -0.3 is 24.8 Å². The quantitative estimate of drug-likeness (QED) is 0.242. The van der Waals surface area contributed by atoms with E-state index in [2.05, 4.69) is 37.8 Å². The SMILES string of the molecule is COc1cc2nccc(Oc3ccc(NC(=O)NC4CCN(Cc5ccccc5)CC4)c(N=O)c3)c2cc1OC. The molecule has 0 unspecified atom stereocenters. The lowest BCUT2D eigenvalue weighted by molar-refractivity contribution is 0.190. The summed E-state index contributed by atoms with van der Waals surface area (Å²) in [6, 6.07) is 20.0. The van der Waals surface area contributed by atoms with Crippen LogP contribution < -0.4 is 24.8 Å². The standard InChI is InChI=1S/C30H31N5O5/c1-38-28-17-23-25(18-29(28)39-2)31-13-10-27(23)40-22-8-9-24(26(16-22)34-37)33-30(36)32-21-11-14-35(15-12-21)19-20-6-4-3-5-7-20/h3-10,13,16-18,21H,11-12,14-15,19H2,1-2H3,(H2,32,33,36). The second kappa shape index (κ2) is 12.4. The predicted molar refractivity (Wildman–Crippen MR) is 154 cm³/mol. The zero-order chi connectivity index (χ0) is 27.9. The van der Waals surface area contributed by atoms with Crippen LogP contribution in [0.4, 0.5) is 16.2 Å². The highest BCUT2D eigenvalue weighted by Gasteiger charge is 2.21. The van der Waals surface area contributed by atoms with Crippen molar-refractivity contribution in [2.24, 2.45) is 5.18 Å². The lowest BCUT2D eigenvalue weighted by Gasteiger charge is -2.32. The smallest absolute Gasteiger partial charge is 0.319 e. The second-order valence-corrected chi connectivity index (χ2v) is 9.54. The third-order valence-corrected chi connectivity index (χ3v) is 6.92. The second-order valence-electron chi connectivity index (χ2n) is 9.54. The highest BCUT2D eigenvalue weighted by molar-refractivity contribution is 5.93. The van der Waals surface area contributed by atoms with E-state index in [-0.39, 0.29) is 17.8 Å². The van der Waals surface area contributed by atoms with Crippen molar-refractivity contribution in [3.05, 3.63) is 83.4 Å². The van der Waals surface area contributed by atoms with E-state index in [0.29, 0.717) is 39.6 Å². The van der Waals surface area contributed by atoms with Crippen molar-refractivity contribution in [3.63, 3.8) is 0 Å². The number of fused-ring (bicyclic) bond motifs is 1. The Morgan fingerprint density at radius 3 is 2.45 bits per heavy atom. The average molecular weight is 542 g/mol. The molecule has 206 valence electrons. The predicted octanol–water partition coefficient (Wildman–Crippen LogP) is 6.23. The molecular formula is C30H31N5O5. The maximum Gasteiger partial charge on any atom is 0.319 e. The van der Waals surface area contributed by atoms with Gasteiger partial charge in [-0.05, 0) is 47.8 Å². The van der Waals surface area contributed by atoms with Crippen molar-refractivity contribution in [3.8, 4) is 23.0 Å². The first kappa shape index (κ1) is 26.9. The van der Waals surface area contributed by atoms with E-state index in [1.807, 2.05) is 18.2 Å². The summed E-state index contributed by atoms with van der Waals surface area (Å²) in [4.78, 5) is 31.1. The van der Waals surface area contributed by atoms with E-state index >= 15 is 0 Å². The van der Waals surface area contributed by atoms with E-state index in [1.165, 1.54) is 11.6 Å². The van der Waals surface area contributed by atoms with Gasteiger partial charge in [0.25, 0.3) is 0 Å². The molecule has 1 saturated heterocycles. The lowest BCUT2D eigenvalue weighted by atomic mass is 10.0. The van der Waals surface area contributed by atoms with Gasteiger partial charge in [-0.2, -0.15) is 0 Å². The number of amides is 2. The van der Waals surface area contributed by atoms with Crippen molar-refractivity contribution in [1.82, 2.24) is 15.2 Å². The zero-order valence-electron chi connectivity index (χ0n) is 22.4. The summed E-state index contributed by atoms with van der Waals surface area (Å²) in [7, 11) is 3.11. The van der Waals surface area contributed by atoms with Crippen molar-refractivity contribution < 1.29 is 19.0 Å². The van der Waals surface area contributed by atoms with Crippen LogP contribution >= 0.6 is 0 Å². The molecule has 2 amide bonds. The molecule has 0 saturated carbocycles. The molecule has 2 N–H and O–H groups in total. The van der Waals surface area contributed by atoms with Crippen LogP contribution in [0.1, 0.15) is 18.4 Å². The number of aromatic nitrogens is 1. The molecule has 1 aliphatic heterocycles. The number of urea groups is 1. The number of benzene rings is 3. The van der Waals surface area contributed by atoms with Crippen LogP contribution in [-0.4, -0.2) is 49.3 Å². The molecule has 3 aromatic carbocycles. The van der Waals surface area contributed by atoms with Gasteiger partial charge in [-0.15, -0.1) is 4.91 Å². The van der Waals surface area contributed by atoms with Crippen molar-refractivity contribution in [2.75, 3.05) is 32.6 Å². The number of hydrogen-bond acceptors (Lipinski definition) is 8. The Balaban J connectivity index is 1.21. The van der Waals surface area contributed by atoms with Crippen LogP contribution in [0.3, 0.4) is 0 Å². The molecule has 0 bridgehead atoms. The molecule has 40 heavy (non-hydrogen) atoms. The summed E-state index contributed by atoms with van der Waals surface area (Å²) in [5, 5.41) is 9.58. The molecule has 10 nitrogen and oxygen atoms in total. The molecule has 1 aliphatic rings. The highest BCUT2D eigenvalue weighted by Crippen LogP contribution is 2.38. The summed E-state index contributed by atoms with van der Waals surface area (Å²) in [5.41, 5.74) is 2.30. The fourth-order valence-corrected chi connectivity index (χ4v) is 4.84. The molecule has 0 radical (unpaired) electrons. The van der Waals surface area contributed by atoms with E-state index in [0.717, 1.165) is 32.5 Å². The van der Waals surface area contributed by atoms with Gasteiger partial charge in [0.1, 0.15) is 17.2 Å². The summed E-state index contributed by atoms with van der Waals surface area (Å²) < 4.78 is 16.8. The van der Waals surface area contributed by atoms with E-state index in [1.54, 1.807) is 50.7 Å². The number of carbonyl (C=O) groups excluding carboxylic acids is 1. The van der Waals surface area contributed by atoms with Crippen LogP contribution in [-0.2, 0) is 6.54 Å². The van der Waals surface area contributed by atoms with Crippen LogP contribution in [0, 0.1) is 4.91 Å². The van der Waals surface area contributed by atoms with Crippen LogP contribution in [0.15, 0.2) is 78.1 Å². The van der Waals surface area contributed by atoms with Gasteiger partial charge in [-0.25, -0.2) is 4.79 Å². The lowest BCUT2D eigenvalue weighted by Crippen LogP contribution is -2.45. The molecule has 0 spiro atoms. The van der Waals surface area contributed by atoms with Crippen molar-refractivity contribution in [1.29, 1.82) is 0 Å². The largest absolute Gasteiger partial charge is 0.493 e. The number of nitroso groups, excluding NO2 is 1. The molecule has 2 heterocycles. The van der Waals surface area contributed by atoms with Gasteiger partial charge >= 0.3 is 6.03 Å². The van der Waals surface area contributed by atoms with Crippen molar-refractivity contribution in [2.45, 2.75) is 25.4 Å². The van der Waals surface area contributed by atoms with E-state index < -0.39 is 0 Å². The Bertz CT molecular complexity index is 1490. The zero-order valence-corrected chi connectivity index (χ0v) is 22.4. The minimum atomic E-state index is -0.374. The molecule has 10 heteroatoms. The fraction of sp³-hybridized carbons (Fsp3) is 0.267. The number of anilines is 1. The number of rotatable bonds is 9. The number of methoxy groups -OCH3 is 2. The first-order valence-corrected chi connectivity index (χ1v) is 13.1. The summed E-state index contributed by atoms with van der Waals surface area (Å²) >= 11 is 0. The number of nitrogens with zero attached hydrogens (tertiary/aromatic N) is 3. The van der Waals surface area contributed by atoms with E-state index in [9.17, 15) is 9.70 Å². The topological polar surface area (TPSA) is 114 Å². The number of hydrogen-bond donors (Lipinski definition) is 2. The van der Waals surface area contributed by atoms with Crippen LogP contribution in [0.5, 0.6) is 23.0 Å². The first-order valence-electron chi connectivity index (χ1n) is 13.1. The number of ether oxygens (including phenoxy) is 3. The number of nitrogens with one attached hydrogen (secondary N) is 2. The maximum atomic E-state index is 12.7. The summed E-state index contributed by atoms with van der Waals surface area (Å²) in [5.74, 6) is 1.99. The van der Waals surface area contributed by atoms with Gasteiger partial charge in [0.2, 0.25) is 0 Å². The van der Waals surface area contributed by atoms with Gasteiger partial charge in [0, 0.05) is 49.4 Å². The van der Waals surface area contributed by atoms with Crippen molar-refractivity contribution >= 4 is 28.3 Å². The van der Waals surface area contributed by atoms with Crippen LogP contribution in [0.25, 0.3) is 10.9 Å². The Kier molecular flexibility index (Phi) is 8.36. The monoisotopic (exact) mass is 541 g/mol. The normalized spacial score (nSPS) is 13.9. The maximum absolute atomic E-state index is 12.7. The third-order valence-electron chi connectivity index (χ3n) is 6.92. The Labute approximate surface area is 232 Å². The van der Waals surface area contributed by atoms with Gasteiger partial charge in [-0.1, -0.05) is 30.3 Å². The molecular weight excluding hydrogens is 510 g/mol. The Hall–Kier alpha value is -4.70. The Morgan fingerprint density at radius 1 is 0.975 bits per heavy atom. The molecule has 1 aromatic heterocycles. The van der Waals surface area contributed by atoms with Gasteiger partial charge in [0.05, 0.1) is 25.4 Å². The minimum absolute atomic E-state index is 0.0536. The molecule has 1 fully saturated rings. The fourth-order valence-electron chi connectivity index (χ4n) is 4.84. The van der Waals surface area contributed by atoms with Gasteiger partial charge in [0.15, 0.2) is 11.5 Å². The molecule has 0 aliphatic carbocycles. The minimum Gasteiger partial charge on any atom is -0.493 e. The average Bonchev–Trinajstić information content (AvgIpc) is 2.99. The van der Waals surface area contributed by atoms with Gasteiger partial charge in [-0.3, -0.25) is 9.88 Å². The van der Waals surface area contributed by atoms with E-state index in [4.69, 9.17) is 14.2 Å². The highest BCUT2D eigenvalue weighted by atomic mass is 16.5. The third kappa shape index (κ3) is 6.29. The summed E-state index contributed by atoms with van der Waals surface area (Å²) in [6.07, 6.45) is 3.32. The Morgan fingerprint density at radius 2 is 1.73 bits per heavy atom. The molecule has 4 aromatic rings. The molecule has 0 atom stereocenters. The first-order chi connectivity index (χ1) is 19.6. The number of likely N-dealkylation sites (tertiary alicyclic amines) is 1. The number of pyridine rings is 1. The summed E-state index contributed by atoms with van der Waals surface area (Å²) in [6.45, 7) is 2.70. The van der Waals surface area contributed by atoms with Crippen LogP contribution in [0.2, 0.25) is 0 Å². The number of piperidine rings is 1. The number of carbonyl (C=O) groups is 1. The molecule has 5 rings (SSSR count).